The number of rotatable bonds is 4. The molecule has 2 aliphatic rings. The standard InChI is InChI=1S/C14H20BrN3O2S/c1-18(8-11-5-9-2-3-10(11)4-9)21(19,20)13-6-12(15)7-17-14(13)16/h6-7,9-11H,2-5,8H2,1H3,(H2,16,17). The zero-order chi connectivity index (χ0) is 15.2. The molecule has 0 amide bonds. The van der Waals surface area contributed by atoms with E-state index in [2.05, 4.69) is 20.9 Å². The number of pyridine rings is 1. The summed E-state index contributed by atoms with van der Waals surface area (Å²) in [6.45, 7) is 0.579. The van der Waals surface area contributed by atoms with E-state index in [4.69, 9.17) is 5.73 Å². The van der Waals surface area contributed by atoms with E-state index in [9.17, 15) is 8.42 Å². The van der Waals surface area contributed by atoms with E-state index >= 15 is 0 Å². The summed E-state index contributed by atoms with van der Waals surface area (Å²) >= 11 is 3.25. The average molecular weight is 374 g/mol. The van der Waals surface area contributed by atoms with Crippen molar-refractivity contribution in [2.75, 3.05) is 19.3 Å². The molecule has 0 aromatic carbocycles. The summed E-state index contributed by atoms with van der Waals surface area (Å²) in [5.41, 5.74) is 5.74. The van der Waals surface area contributed by atoms with Gasteiger partial charge in [-0.2, -0.15) is 0 Å². The molecule has 1 aromatic rings. The second-order valence-corrected chi connectivity index (χ2v) is 9.19. The highest BCUT2D eigenvalue weighted by Crippen LogP contribution is 2.48. The normalized spacial score (nSPS) is 28.4. The molecule has 2 fully saturated rings. The molecule has 1 aromatic heterocycles. The fraction of sp³-hybridized carbons (Fsp3) is 0.643. The Morgan fingerprint density at radius 2 is 2.19 bits per heavy atom. The lowest BCUT2D eigenvalue weighted by molar-refractivity contribution is 0.280. The number of anilines is 1. The molecule has 0 spiro atoms. The van der Waals surface area contributed by atoms with E-state index in [1.54, 1.807) is 7.05 Å². The van der Waals surface area contributed by atoms with Crippen molar-refractivity contribution in [1.29, 1.82) is 0 Å². The fourth-order valence-corrected chi connectivity index (χ4v) is 5.63. The predicted molar refractivity (Wildman–Crippen MR) is 85.1 cm³/mol. The Morgan fingerprint density at radius 1 is 1.43 bits per heavy atom. The first kappa shape index (κ1) is 15.2. The molecule has 3 unspecified atom stereocenters. The molecule has 2 bridgehead atoms. The SMILES string of the molecule is CN(CC1CC2CCC1C2)S(=O)(=O)c1cc(Br)cnc1N. The summed E-state index contributed by atoms with van der Waals surface area (Å²) in [6.07, 6.45) is 6.52. The summed E-state index contributed by atoms with van der Waals surface area (Å²) in [6, 6.07) is 1.52. The van der Waals surface area contributed by atoms with Crippen LogP contribution in [0.15, 0.2) is 21.6 Å². The van der Waals surface area contributed by atoms with Gasteiger partial charge >= 0.3 is 0 Å². The lowest BCUT2D eigenvalue weighted by Gasteiger charge is -2.27. The molecular weight excluding hydrogens is 354 g/mol. The Morgan fingerprint density at radius 3 is 2.81 bits per heavy atom. The van der Waals surface area contributed by atoms with Crippen LogP contribution < -0.4 is 5.73 Å². The minimum Gasteiger partial charge on any atom is -0.383 e. The van der Waals surface area contributed by atoms with Crippen LogP contribution in [0, 0.1) is 17.8 Å². The number of nitrogens with two attached hydrogens (primary N) is 1. The van der Waals surface area contributed by atoms with Crippen molar-refractivity contribution >= 4 is 31.8 Å². The number of nitrogen functional groups attached to an aromatic ring is 1. The van der Waals surface area contributed by atoms with Crippen molar-refractivity contribution in [3.63, 3.8) is 0 Å². The monoisotopic (exact) mass is 373 g/mol. The van der Waals surface area contributed by atoms with Crippen LogP contribution in [-0.4, -0.2) is 31.3 Å². The van der Waals surface area contributed by atoms with Crippen molar-refractivity contribution in [2.24, 2.45) is 17.8 Å². The van der Waals surface area contributed by atoms with Gasteiger partial charge in [-0.1, -0.05) is 6.42 Å². The predicted octanol–water partition coefficient (Wildman–Crippen LogP) is 2.48. The molecule has 5 nitrogen and oxygen atoms in total. The molecular formula is C14H20BrN3O2S. The maximum absolute atomic E-state index is 12.7. The highest BCUT2D eigenvalue weighted by molar-refractivity contribution is 9.10. The van der Waals surface area contributed by atoms with Crippen LogP contribution in [0.2, 0.25) is 0 Å². The second-order valence-electron chi connectivity index (χ2n) is 6.26. The number of nitrogens with zero attached hydrogens (tertiary/aromatic N) is 2. The van der Waals surface area contributed by atoms with E-state index < -0.39 is 10.0 Å². The summed E-state index contributed by atoms with van der Waals surface area (Å²) in [4.78, 5) is 4.01. The summed E-state index contributed by atoms with van der Waals surface area (Å²) in [5, 5.41) is 0. The van der Waals surface area contributed by atoms with Gasteiger partial charge < -0.3 is 5.73 Å². The number of aromatic nitrogens is 1. The number of sulfonamides is 1. The number of hydrogen-bond donors (Lipinski definition) is 1. The van der Waals surface area contributed by atoms with Crippen molar-refractivity contribution in [3.8, 4) is 0 Å². The van der Waals surface area contributed by atoms with Gasteiger partial charge in [0.15, 0.2) is 0 Å². The first-order chi connectivity index (χ1) is 9.88. The van der Waals surface area contributed by atoms with Gasteiger partial charge in [-0.3, -0.25) is 0 Å². The van der Waals surface area contributed by atoms with E-state index in [1.165, 1.54) is 35.8 Å². The van der Waals surface area contributed by atoms with Gasteiger partial charge in [-0.05, 0) is 59.0 Å². The second kappa shape index (κ2) is 5.52. The molecule has 2 saturated carbocycles. The molecule has 0 saturated heterocycles. The van der Waals surface area contributed by atoms with Gasteiger partial charge in [0.25, 0.3) is 0 Å². The Balaban J connectivity index is 1.79. The maximum atomic E-state index is 12.7. The van der Waals surface area contributed by atoms with E-state index in [0.717, 1.165) is 12.3 Å². The third-order valence-electron chi connectivity index (χ3n) is 4.91. The van der Waals surface area contributed by atoms with Gasteiger partial charge in [-0.25, -0.2) is 17.7 Å². The van der Waals surface area contributed by atoms with Crippen LogP contribution in [0.3, 0.4) is 0 Å². The minimum atomic E-state index is -3.58. The quantitative estimate of drug-likeness (QED) is 0.879. The van der Waals surface area contributed by atoms with Crippen molar-refractivity contribution in [1.82, 2.24) is 9.29 Å². The maximum Gasteiger partial charge on any atom is 0.246 e. The van der Waals surface area contributed by atoms with Gasteiger partial charge in [0.1, 0.15) is 10.7 Å². The Hall–Kier alpha value is -0.660. The zero-order valence-corrected chi connectivity index (χ0v) is 14.4. The van der Waals surface area contributed by atoms with Crippen LogP contribution in [-0.2, 0) is 10.0 Å². The zero-order valence-electron chi connectivity index (χ0n) is 12.0. The van der Waals surface area contributed by atoms with Crippen molar-refractivity contribution in [3.05, 3.63) is 16.7 Å². The Kier molecular flexibility index (Phi) is 4.00. The molecule has 3 atom stereocenters. The minimum absolute atomic E-state index is 0.0537. The van der Waals surface area contributed by atoms with Gasteiger partial charge in [-0.15, -0.1) is 0 Å². The molecule has 2 N–H and O–H groups in total. The molecule has 2 aliphatic carbocycles. The summed E-state index contributed by atoms with van der Waals surface area (Å²) < 4.78 is 27.4. The molecule has 3 rings (SSSR count). The third kappa shape index (κ3) is 2.83. The van der Waals surface area contributed by atoms with E-state index in [1.807, 2.05) is 0 Å². The molecule has 0 radical (unpaired) electrons. The largest absolute Gasteiger partial charge is 0.383 e. The molecule has 7 heteroatoms. The fourth-order valence-electron chi connectivity index (χ4n) is 3.83. The van der Waals surface area contributed by atoms with Crippen LogP contribution in [0.5, 0.6) is 0 Å². The Bertz CT molecular complexity index is 650. The summed E-state index contributed by atoms with van der Waals surface area (Å²) in [5.74, 6) is 2.06. The highest BCUT2D eigenvalue weighted by atomic mass is 79.9. The number of fused-ring (bicyclic) bond motifs is 2. The van der Waals surface area contributed by atoms with Gasteiger partial charge in [0, 0.05) is 24.3 Å². The highest BCUT2D eigenvalue weighted by Gasteiger charge is 2.41. The van der Waals surface area contributed by atoms with Crippen molar-refractivity contribution < 1.29 is 8.42 Å². The summed E-state index contributed by atoms with van der Waals surface area (Å²) in [7, 11) is -1.94. The smallest absolute Gasteiger partial charge is 0.246 e. The van der Waals surface area contributed by atoms with Crippen LogP contribution in [0.4, 0.5) is 5.82 Å². The molecule has 21 heavy (non-hydrogen) atoms. The van der Waals surface area contributed by atoms with Crippen LogP contribution in [0.25, 0.3) is 0 Å². The lowest BCUT2D eigenvalue weighted by atomic mass is 9.89. The first-order valence-electron chi connectivity index (χ1n) is 7.25. The topological polar surface area (TPSA) is 76.3 Å². The Labute approximate surface area is 134 Å². The molecule has 0 aliphatic heterocycles. The van der Waals surface area contributed by atoms with Gasteiger partial charge in [0.05, 0.1) is 0 Å². The molecule has 1 heterocycles. The van der Waals surface area contributed by atoms with Crippen molar-refractivity contribution in [2.45, 2.75) is 30.6 Å². The number of hydrogen-bond acceptors (Lipinski definition) is 4. The number of halogens is 1. The van der Waals surface area contributed by atoms with E-state index in [-0.39, 0.29) is 10.7 Å². The van der Waals surface area contributed by atoms with E-state index in [0.29, 0.717) is 22.9 Å². The molecule has 116 valence electrons. The van der Waals surface area contributed by atoms with Crippen LogP contribution >= 0.6 is 15.9 Å². The average Bonchev–Trinajstić information content (AvgIpc) is 3.03. The lowest BCUT2D eigenvalue weighted by Crippen LogP contribution is -2.34. The van der Waals surface area contributed by atoms with Crippen LogP contribution in [0.1, 0.15) is 25.7 Å². The van der Waals surface area contributed by atoms with Gasteiger partial charge in [0.2, 0.25) is 10.0 Å². The third-order valence-corrected chi connectivity index (χ3v) is 7.20. The first-order valence-corrected chi connectivity index (χ1v) is 9.48.